The molecular weight excluding hydrogens is 358 g/mol. The Kier molecular flexibility index (Phi) is 5.30. The van der Waals surface area contributed by atoms with E-state index in [1.165, 1.54) is 12.1 Å². The predicted molar refractivity (Wildman–Crippen MR) is 67.0 cm³/mol. The van der Waals surface area contributed by atoms with Crippen LogP contribution in [0.1, 0.15) is 5.56 Å². The Balaban J connectivity index is 0.00000144. The zero-order valence-corrected chi connectivity index (χ0v) is 13.8. The van der Waals surface area contributed by atoms with Crippen molar-refractivity contribution in [2.75, 3.05) is 7.05 Å². The van der Waals surface area contributed by atoms with Crippen molar-refractivity contribution in [1.82, 2.24) is 4.90 Å². The van der Waals surface area contributed by atoms with Crippen LogP contribution < -0.4 is 0 Å². The zero-order valence-electron chi connectivity index (χ0n) is 9.37. The van der Waals surface area contributed by atoms with Crippen LogP contribution in [0.15, 0.2) is 47.1 Å². The monoisotopic (exact) mass is 367 g/mol. The van der Waals surface area contributed by atoms with Gasteiger partial charge in [0.1, 0.15) is 5.82 Å². The minimum absolute atomic E-state index is 0. The number of rotatable bonds is 1. The molecule has 0 atom stereocenters. The van der Waals surface area contributed by atoms with Crippen molar-refractivity contribution in [2.45, 2.75) is 0 Å². The largest absolute Gasteiger partial charge is 0.378 e. The van der Waals surface area contributed by atoms with Gasteiger partial charge in [0.2, 0.25) is 0 Å². The number of hydrogen-bond acceptors (Lipinski definition) is 1. The number of allylic oxidation sites excluding steroid dienone is 3. The molecule has 1 aliphatic heterocycles. The van der Waals surface area contributed by atoms with E-state index in [1.54, 1.807) is 12.1 Å². The van der Waals surface area contributed by atoms with E-state index in [0.29, 0.717) is 0 Å². The van der Waals surface area contributed by atoms with Crippen molar-refractivity contribution in [3.63, 3.8) is 0 Å². The predicted octanol–water partition coefficient (Wildman–Crippen LogP) is 3.71. The summed E-state index contributed by atoms with van der Waals surface area (Å²) in [5, 5.41) is 0. The van der Waals surface area contributed by atoms with Crippen LogP contribution in [0.5, 0.6) is 0 Å². The number of likely N-dealkylation sites (N-methyl/N-ethyl adjacent to an activating group) is 1. The molecular formula is C13H10BrFNY-. The molecule has 0 N–H and O–H groups in total. The minimum Gasteiger partial charge on any atom is -0.378 e. The van der Waals surface area contributed by atoms with Gasteiger partial charge in [0.05, 0.1) is 0 Å². The van der Waals surface area contributed by atoms with E-state index in [0.717, 1.165) is 21.4 Å². The molecule has 0 unspecified atom stereocenters. The van der Waals surface area contributed by atoms with Crippen LogP contribution in [-0.2, 0) is 32.7 Å². The third kappa shape index (κ3) is 3.15. The van der Waals surface area contributed by atoms with Gasteiger partial charge in [-0.2, -0.15) is 12.2 Å². The first-order valence-corrected chi connectivity index (χ1v) is 5.57. The quantitative estimate of drug-likeness (QED) is 0.684. The van der Waals surface area contributed by atoms with E-state index in [1.807, 2.05) is 18.0 Å². The standard InChI is InChI=1S/C13H10BrFN.Y/c1-9-12(14)7-8-13(16(9)2)10-3-5-11(15)6-4-10;/h3-7H,1H2,2H3;/q-1;. The van der Waals surface area contributed by atoms with Gasteiger partial charge in [-0.3, -0.25) is 0 Å². The third-order valence-electron chi connectivity index (χ3n) is 2.47. The molecule has 1 nitrogen and oxygen atoms in total. The van der Waals surface area contributed by atoms with Crippen molar-refractivity contribution in [3.05, 3.63) is 64.6 Å². The summed E-state index contributed by atoms with van der Waals surface area (Å²) >= 11 is 3.39. The van der Waals surface area contributed by atoms with E-state index in [-0.39, 0.29) is 38.5 Å². The molecule has 0 saturated heterocycles. The van der Waals surface area contributed by atoms with Gasteiger partial charge in [-0.25, -0.2) is 4.39 Å². The van der Waals surface area contributed by atoms with Gasteiger partial charge in [-0.05, 0) is 17.8 Å². The summed E-state index contributed by atoms with van der Waals surface area (Å²) in [4.78, 5) is 1.91. The minimum atomic E-state index is -0.238. The second-order valence-corrected chi connectivity index (χ2v) is 4.35. The molecule has 1 aliphatic rings. The maximum absolute atomic E-state index is 12.8. The third-order valence-corrected chi connectivity index (χ3v) is 3.16. The Labute approximate surface area is 134 Å². The van der Waals surface area contributed by atoms with Gasteiger partial charge >= 0.3 is 0 Å². The molecule has 0 bridgehead atoms. The van der Waals surface area contributed by atoms with E-state index in [9.17, 15) is 4.39 Å². The Morgan fingerprint density at radius 2 is 1.88 bits per heavy atom. The summed E-state index contributed by atoms with van der Waals surface area (Å²) in [6, 6.07) is 6.34. The summed E-state index contributed by atoms with van der Waals surface area (Å²) in [5.41, 5.74) is 2.66. The molecule has 1 heterocycles. The van der Waals surface area contributed by atoms with Crippen molar-refractivity contribution in [2.24, 2.45) is 0 Å². The van der Waals surface area contributed by atoms with Gasteiger partial charge in [0.15, 0.2) is 0 Å². The summed E-state index contributed by atoms with van der Waals surface area (Å²) < 4.78 is 13.7. The second-order valence-electron chi connectivity index (χ2n) is 3.50. The van der Waals surface area contributed by atoms with E-state index in [2.05, 4.69) is 28.6 Å². The molecule has 1 radical (unpaired) electrons. The zero-order chi connectivity index (χ0) is 11.7. The molecule has 4 heteroatoms. The Morgan fingerprint density at radius 3 is 2.47 bits per heavy atom. The van der Waals surface area contributed by atoms with Crippen LogP contribution in [0.4, 0.5) is 4.39 Å². The maximum Gasteiger partial charge on any atom is 0.121 e. The first-order valence-electron chi connectivity index (χ1n) is 4.77. The van der Waals surface area contributed by atoms with Crippen LogP contribution in [0.2, 0.25) is 0 Å². The molecule has 0 fully saturated rings. The molecule has 0 saturated carbocycles. The SMILES string of the molecule is C=C1C(Br)=C[C-]=C(c2ccc(F)cc2)N1C.[Y]. The van der Waals surface area contributed by atoms with Gasteiger partial charge in [-0.15, -0.1) is 28.1 Å². The first-order chi connectivity index (χ1) is 7.59. The maximum atomic E-state index is 12.8. The van der Waals surface area contributed by atoms with Crippen LogP contribution >= 0.6 is 15.9 Å². The fourth-order valence-electron chi connectivity index (χ4n) is 1.49. The fourth-order valence-corrected chi connectivity index (χ4v) is 1.87. The van der Waals surface area contributed by atoms with Crippen molar-refractivity contribution < 1.29 is 37.1 Å². The second kappa shape index (κ2) is 6.08. The van der Waals surface area contributed by atoms with Crippen LogP contribution in [0, 0.1) is 11.9 Å². The van der Waals surface area contributed by atoms with Crippen molar-refractivity contribution in [1.29, 1.82) is 0 Å². The number of hydrogen-bond donors (Lipinski definition) is 0. The van der Waals surface area contributed by atoms with Crippen LogP contribution in [0.25, 0.3) is 5.70 Å². The first kappa shape index (κ1) is 14.8. The van der Waals surface area contributed by atoms with Crippen molar-refractivity contribution in [3.8, 4) is 0 Å². The normalized spacial score (nSPS) is 15.0. The van der Waals surface area contributed by atoms with Gasteiger partial charge < -0.3 is 4.90 Å². The Morgan fingerprint density at radius 1 is 1.29 bits per heavy atom. The summed E-state index contributed by atoms with van der Waals surface area (Å²) in [6.07, 6.45) is 4.96. The van der Waals surface area contributed by atoms with E-state index >= 15 is 0 Å². The molecule has 1 aromatic rings. The number of benzene rings is 1. The molecule has 0 amide bonds. The fraction of sp³-hybridized carbons (Fsp3) is 0.0769. The number of nitrogens with zero attached hydrogens (tertiary/aromatic N) is 1. The average Bonchev–Trinajstić information content (AvgIpc) is 2.28. The topological polar surface area (TPSA) is 3.24 Å². The molecule has 2 rings (SSSR count). The molecule has 17 heavy (non-hydrogen) atoms. The van der Waals surface area contributed by atoms with Gasteiger partial charge in [-0.1, -0.05) is 22.3 Å². The molecule has 0 spiro atoms. The van der Waals surface area contributed by atoms with Gasteiger partial charge in [0, 0.05) is 39.8 Å². The molecule has 85 valence electrons. The van der Waals surface area contributed by atoms with Gasteiger partial charge in [0.25, 0.3) is 0 Å². The molecule has 0 aliphatic carbocycles. The smallest absolute Gasteiger partial charge is 0.121 e. The van der Waals surface area contributed by atoms with Crippen molar-refractivity contribution >= 4 is 21.6 Å². The molecule has 0 aromatic heterocycles. The Hall–Kier alpha value is -0.246. The van der Waals surface area contributed by atoms with Crippen LogP contribution in [0.3, 0.4) is 0 Å². The van der Waals surface area contributed by atoms with E-state index in [4.69, 9.17) is 0 Å². The Bertz CT molecular complexity index is 491. The van der Waals surface area contributed by atoms with E-state index < -0.39 is 0 Å². The molecule has 1 aromatic carbocycles. The average molecular weight is 368 g/mol. The number of halogens is 2. The summed E-state index contributed by atoms with van der Waals surface area (Å²) in [7, 11) is 1.91. The summed E-state index contributed by atoms with van der Waals surface area (Å²) in [6.45, 7) is 3.95. The van der Waals surface area contributed by atoms with Crippen LogP contribution in [-0.4, -0.2) is 11.9 Å². The summed E-state index contributed by atoms with van der Waals surface area (Å²) in [5.74, 6) is -0.238.